The van der Waals surface area contributed by atoms with E-state index in [9.17, 15) is 4.79 Å². The maximum absolute atomic E-state index is 12.3. The Morgan fingerprint density at radius 1 is 1.19 bits per heavy atom. The lowest BCUT2D eigenvalue weighted by Crippen LogP contribution is -2.13. The van der Waals surface area contributed by atoms with E-state index in [1.807, 2.05) is 38.1 Å². The van der Waals surface area contributed by atoms with Crippen LogP contribution < -0.4 is 10.6 Å². The lowest BCUT2D eigenvalue weighted by molar-refractivity contribution is 0.102. The number of hydrogen-bond acceptors (Lipinski definition) is 3. The number of nitrogens with one attached hydrogen (secondary N) is 2. The molecule has 0 atom stereocenters. The quantitative estimate of drug-likeness (QED) is 0.878. The van der Waals surface area contributed by atoms with Gasteiger partial charge in [-0.2, -0.15) is 0 Å². The van der Waals surface area contributed by atoms with E-state index in [0.717, 1.165) is 35.7 Å². The zero-order chi connectivity index (χ0) is 15.2. The van der Waals surface area contributed by atoms with Crippen molar-refractivity contribution in [2.24, 2.45) is 0 Å². The number of nitrogens with zero attached hydrogens (tertiary/aromatic N) is 1. The van der Waals surface area contributed by atoms with Crippen LogP contribution in [0.5, 0.6) is 0 Å². The Kier molecular flexibility index (Phi) is 4.93. The fourth-order valence-corrected chi connectivity index (χ4v) is 2.07. The summed E-state index contributed by atoms with van der Waals surface area (Å²) in [7, 11) is 0. The van der Waals surface area contributed by atoms with Crippen LogP contribution in [0.4, 0.5) is 11.5 Å². The number of aromatic nitrogens is 1. The van der Waals surface area contributed by atoms with Crippen LogP contribution in [0.25, 0.3) is 0 Å². The summed E-state index contributed by atoms with van der Waals surface area (Å²) in [5.41, 5.74) is 3.36. The molecular formula is C17H21N3O. The van der Waals surface area contributed by atoms with Gasteiger partial charge in [0.15, 0.2) is 0 Å². The van der Waals surface area contributed by atoms with Crippen LogP contribution in [0.2, 0.25) is 0 Å². The maximum atomic E-state index is 12.3. The van der Waals surface area contributed by atoms with E-state index in [4.69, 9.17) is 0 Å². The lowest BCUT2D eigenvalue weighted by atomic mass is 10.2. The molecule has 2 rings (SSSR count). The number of anilines is 2. The average molecular weight is 283 g/mol. The van der Waals surface area contributed by atoms with Gasteiger partial charge in [-0.05, 0) is 50.1 Å². The number of hydrogen-bond donors (Lipinski definition) is 2. The summed E-state index contributed by atoms with van der Waals surface area (Å²) < 4.78 is 0. The highest BCUT2D eigenvalue weighted by molar-refractivity contribution is 6.04. The third kappa shape index (κ3) is 4.31. The summed E-state index contributed by atoms with van der Waals surface area (Å²) in [5, 5.41) is 6.13. The molecule has 0 saturated heterocycles. The summed E-state index contributed by atoms with van der Waals surface area (Å²) in [5.74, 6) is 0.622. The standard InChI is InChI=1S/C17H21N3O/c1-4-8-18-16-11-14(10-13(3)19-16)17(21)20-15-7-5-6-12(2)9-15/h5-7,9-11H,4,8H2,1-3H3,(H,18,19)(H,20,21). The molecule has 0 fully saturated rings. The third-order valence-electron chi connectivity index (χ3n) is 3.05. The van der Waals surface area contributed by atoms with Gasteiger partial charge >= 0.3 is 0 Å². The molecule has 21 heavy (non-hydrogen) atoms. The van der Waals surface area contributed by atoms with Crippen LogP contribution in [0, 0.1) is 13.8 Å². The number of amides is 1. The van der Waals surface area contributed by atoms with E-state index in [-0.39, 0.29) is 5.91 Å². The monoisotopic (exact) mass is 283 g/mol. The highest BCUT2D eigenvalue weighted by Crippen LogP contribution is 2.14. The predicted molar refractivity (Wildman–Crippen MR) is 86.9 cm³/mol. The first-order valence-electron chi connectivity index (χ1n) is 7.19. The molecule has 0 aliphatic rings. The van der Waals surface area contributed by atoms with Gasteiger partial charge in [0.2, 0.25) is 0 Å². The van der Waals surface area contributed by atoms with E-state index < -0.39 is 0 Å². The zero-order valence-corrected chi connectivity index (χ0v) is 12.7. The molecule has 4 heteroatoms. The van der Waals surface area contributed by atoms with Crippen molar-refractivity contribution in [1.29, 1.82) is 0 Å². The van der Waals surface area contributed by atoms with Gasteiger partial charge in [0.1, 0.15) is 5.82 Å². The molecule has 0 aliphatic carbocycles. The van der Waals surface area contributed by atoms with Gasteiger partial charge < -0.3 is 10.6 Å². The van der Waals surface area contributed by atoms with Crippen molar-refractivity contribution < 1.29 is 4.79 Å². The lowest BCUT2D eigenvalue weighted by Gasteiger charge is -2.09. The van der Waals surface area contributed by atoms with Crippen LogP contribution in [0.3, 0.4) is 0 Å². The van der Waals surface area contributed by atoms with Gasteiger partial charge in [0.25, 0.3) is 5.91 Å². The van der Waals surface area contributed by atoms with Crippen molar-refractivity contribution >= 4 is 17.4 Å². The first-order chi connectivity index (χ1) is 10.1. The Balaban J connectivity index is 2.16. The van der Waals surface area contributed by atoms with Crippen LogP contribution in [-0.2, 0) is 0 Å². The Morgan fingerprint density at radius 3 is 2.71 bits per heavy atom. The van der Waals surface area contributed by atoms with Gasteiger partial charge in [-0.15, -0.1) is 0 Å². The molecule has 0 aliphatic heterocycles. The molecule has 2 N–H and O–H groups in total. The van der Waals surface area contributed by atoms with E-state index >= 15 is 0 Å². The van der Waals surface area contributed by atoms with Crippen molar-refractivity contribution in [2.75, 3.05) is 17.2 Å². The second kappa shape index (κ2) is 6.88. The largest absolute Gasteiger partial charge is 0.370 e. The van der Waals surface area contributed by atoms with E-state index in [0.29, 0.717) is 5.56 Å². The number of aryl methyl sites for hydroxylation is 2. The average Bonchev–Trinajstić information content (AvgIpc) is 2.44. The second-order valence-corrected chi connectivity index (χ2v) is 5.13. The molecule has 1 amide bonds. The fourth-order valence-electron chi connectivity index (χ4n) is 2.07. The van der Waals surface area contributed by atoms with Gasteiger partial charge in [-0.1, -0.05) is 19.1 Å². The molecule has 2 aromatic rings. The topological polar surface area (TPSA) is 54.0 Å². The highest BCUT2D eigenvalue weighted by Gasteiger charge is 2.09. The number of rotatable bonds is 5. The van der Waals surface area contributed by atoms with Gasteiger partial charge in [0.05, 0.1) is 0 Å². The van der Waals surface area contributed by atoms with Crippen LogP contribution in [0.1, 0.15) is 35.0 Å². The fraction of sp³-hybridized carbons (Fsp3) is 0.294. The maximum Gasteiger partial charge on any atom is 0.255 e. The summed E-state index contributed by atoms with van der Waals surface area (Å²) >= 11 is 0. The molecule has 1 heterocycles. The number of benzene rings is 1. The molecule has 4 nitrogen and oxygen atoms in total. The minimum absolute atomic E-state index is 0.120. The third-order valence-corrected chi connectivity index (χ3v) is 3.05. The minimum atomic E-state index is -0.120. The van der Waals surface area contributed by atoms with Crippen molar-refractivity contribution in [3.05, 3.63) is 53.2 Å². The second-order valence-electron chi connectivity index (χ2n) is 5.13. The van der Waals surface area contributed by atoms with Gasteiger partial charge in [-0.25, -0.2) is 4.98 Å². The van der Waals surface area contributed by atoms with Crippen LogP contribution >= 0.6 is 0 Å². The normalized spacial score (nSPS) is 10.2. The van der Waals surface area contributed by atoms with E-state index in [2.05, 4.69) is 22.5 Å². The first-order valence-corrected chi connectivity index (χ1v) is 7.19. The number of pyridine rings is 1. The predicted octanol–water partition coefficient (Wildman–Crippen LogP) is 3.77. The number of carbonyl (C=O) groups excluding carboxylic acids is 1. The molecule has 0 unspecified atom stereocenters. The molecule has 0 radical (unpaired) electrons. The first kappa shape index (κ1) is 15.0. The molecule has 1 aromatic heterocycles. The summed E-state index contributed by atoms with van der Waals surface area (Å²) in [6.45, 7) is 6.82. The van der Waals surface area contributed by atoms with E-state index in [1.54, 1.807) is 12.1 Å². The molecule has 1 aromatic carbocycles. The summed E-state index contributed by atoms with van der Waals surface area (Å²) in [6, 6.07) is 11.3. The highest BCUT2D eigenvalue weighted by atomic mass is 16.1. The molecular weight excluding hydrogens is 262 g/mol. The molecule has 0 spiro atoms. The van der Waals surface area contributed by atoms with Crippen molar-refractivity contribution in [2.45, 2.75) is 27.2 Å². The van der Waals surface area contributed by atoms with Crippen molar-refractivity contribution in [3.8, 4) is 0 Å². The van der Waals surface area contributed by atoms with Crippen LogP contribution in [-0.4, -0.2) is 17.4 Å². The summed E-state index contributed by atoms with van der Waals surface area (Å²) in [4.78, 5) is 16.7. The molecule has 0 bridgehead atoms. The van der Waals surface area contributed by atoms with Crippen molar-refractivity contribution in [3.63, 3.8) is 0 Å². The zero-order valence-electron chi connectivity index (χ0n) is 12.7. The SMILES string of the molecule is CCCNc1cc(C(=O)Nc2cccc(C)c2)cc(C)n1. The Labute approximate surface area is 125 Å². The van der Waals surface area contributed by atoms with E-state index in [1.165, 1.54) is 0 Å². The Hall–Kier alpha value is -2.36. The number of carbonyl (C=O) groups is 1. The van der Waals surface area contributed by atoms with Gasteiger partial charge in [-0.3, -0.25) is 4.79 Å². The summed E-state index contributed by atoms with van der Waals surface area (Å²) in [6.07, 6.45) is 1.01. The molecule has 0 saturated carbocycles. The van der Waals surface area contributed by atoms with Gasteiger partial charge in [0, 0.05) is 23.5 Å². The smallest absolute Gasteiger partial charge is 0.255 e. The van der Waals surface area contributed by atoms with Crippen LogP contribution in [0.15, 0.2) is 36.4 Å². The van der Waals surface area contributed by atoms with Crippen molar-refractivity contribution in [1.82, 2.24) is 4.98 Å². The Bertz CT molecular complexity index is 638. The minimum Gasteiger partial charge on any atom is -0.370 e. The molecule has 110 valence electrons. The Morgan fingerprint density at radius 2 is 2.00 bits per heavy atom.